The van der Waals surface area contributed by atoms with Gasteiger partial charge in [-0.2, -0.15) is 0 Å². The highest BCUT2D eigenvalue weighted by Gasteiger charge is 2.05. The summed E-state index contributed by atoms with van der Waals surface area (Å²) >= 11 is 0. The Bertz CT molecular complexity index is 430. The number of nitrogens with one attached hydrogen (secondary N) is 2. The van der Waals surface area contributed by atoms with Crippen molar-refractivity contribution < 1.29 is 13.6 Å². The van der Waals surface area contributed by atoms with Crippen molar-refractivity contribution >= 4 is 18.3 Å². The van der Waals surface area contributed by atoms with E-state index < -0.39 is 11.6 Å². The van der Waals surface area contributed by atoms with E-state index in [9.17, 15) is 13.6 Å². The van der Waals surface area contributed by atoms with Crippen LogP contribution in [0.1, 0.15) is 25.3 Å². The Morgan fingerprint density at radius 2 is 2.00 bits per heavy atom. The summed E-state index contributed by atoms with van der Waals surface area (Å²) in [4.78, 5) is 11.5. The predicted octanol–water partition coefficient (Wildman–Crippen LogP) is 2.43. The van der Waals surface area contributed by atoms with Gasteiger partial charge in [0.15, 0.2) is 11.6 Å². The van der Waals surface area contributed by atoms with Gasteiger partial charge in [0.05, 0.1) is 0 Å². The lowest BCUT2D eigenvalue weighted by Gasteiger charge is -2.11. The Morgan fingerprint density at radius 1 is 1.30 bits per heavy atom. The topological polar surface area (TPSA) is 41.1 Å². The molecule has 2 N–H and O–H groups in total. The fraction of sp³-hybridized carbons (Fsp3) is 0.500. The number of hydrogen-bond acceptors (Lipinski definition) is 2. The number of amides is 1. The van der Waals surface area contributed by atoms with Crippen molar-refractivity contribution in [1.82, 2.24) is 10.6 Å². The molecule has 3 nitrogen and oxygen atoms in total. The zero-order chi connectivity index (χ0) is 14.3. The Labute approximate surface area is 124 Å². The average Bonchev–Trinajstić information content (AvgIpc) is 2.40. The third-order valence-electron chi connectivity index (χ3n) is 2.95. The number of likely N-dealkylation sites (N-methyl/N-ethyl adjacent to an activating group) is 1. The van der Waals surface area contributed by atoms with Crippen LogP contribution < -0.4 is 10.6 Å². The summed E-state index contributed by atoms with van der Waals surface area (Å²) < 4.78 is 25.7. The standard InChI is InChI=1S/C14H20F2N2O.ClH/c1-10(17-2)9-18-14(19)5-3-4-11-6-7-12(15)13(16)8-11;/h6-8,10,17H,3-5,9H2,1-2H3,(H,18,19);1H. The maximum Gasteiger partial charge on any atom is 0.220 e. The fourth-order valence-electron chi connectivity index (χ4n) is 1.61. The fourth-order valence-corrected chi connectivity index (χ4v) is 1.61. The summed E-state index contributed by atoms with van der Waals surface area (Å²) in [6.45, 7) is 2.56. The summed E-state index contributed by atoms with van der Waals surface area (Å²) in [7, 11) is 1.83. The van der Waals surface area contributed by atoms with Gasteiger partial charge in [0.2, 0.25) is 5.91 Å². The summed E-state index contributed by atoms with van der Waals surface area (Å²) in [6, 6.07) is 4.06. The highest BCUT2D eigenvalue weighted by Crippen LogP contribution is 2.11. The smallest absolute Gasteiger partial charge is 0.220 e. The van der Waals surface area contributed by atoms with Gasteiger partial charge in [-0.1, -0.05) is 6.07 Å². The largest absolute Gasteiger partial charge is 0.355 e. The first-order chi connectivity index (χ1) is 9.02. The first-order valence-corrected chi connectivity index (χ1v) is 6.41. The van der Waals surface area contributed by atoms with Crippen molar-refractivity contribution in [2.24, 2.45) is 0 Å². The maximum absolute atomic E-state index is 13.0. The number of carbonyl (C=O) groups is 1. The summed E-state index contributed by atoms with van der Waals surface area (Å²) in [5.41, 5.74) is 0.704. The minimum Gasteiger partial charge on any atom is -0.355 e. The molecule has 1 rings (SSSR count). The molecule has 0 aliphatic heterocycles. The molecule has 0 aromatic heterocycles. The van der Waals surface area contributed by atoms with E-state index in [-0.39, 0.29) is 24.4 Å². The van der Waals surface area contributed by atoms with Crippen LogP contribution in [0.5, 0.6) is 0 Å². The van der Waals surface area contributed by atoms with Crippen molar-refractivity contribution in [2.75, 3.05) is 13.6 Å². The summed E-state index contributed by atoms with van der Waals surface area (Å²) in [6.07, 6.45) is 1.56. The molecule has 1 atom stereocenters. The van der Waals surface area contributed by atoms with Crippen LogP contribution in [0, 0.1) is 11.6 Å². The Kier molecular flexibility index (Phi) is 9.08. The van der Waals surface area contributed by atoms with Crippen molar-refractivity contribution in [3.05, 3.63) is 35.4 Å². The number of carbonyl (C=O) groups excluding carboxylic acids is 1. The van der Waals surface area contributed by atoms with E-state index >= 15 is 0 Å². The van der Waals surface area contributed by atoms with Crippen molar-refractivity contribution in [3.8, 4) is 0 Å². The number of rotatable bonds is 7. The monoisotopic (exact) mass is 306 g/mol. The SMILES string of the molecule is CNC(C)CNC(=O)CCCc1ccc(F)c(F)c1.Cl. The maximum atomic E-state index is 13.0. The van der Waals surface area contributed by atoms with Gasteiger partial charge in [-0.25, -0.2) is 8.78 Å². The molecule has 0 radical (unpaired) electrons. The van der Waals surface area contributed by atoms with E-state index in [1.54, 1.807) is 6.07 Å². The molecule has 1 unspecified atom stereocenters. The second-order valence-electron chi connectivity index (χ2n) is 4.60. The van der Waals surface area contributed by atoms with Crippen LogP contribution in [0.3, 0.4) is 0 Å². The van der Waals surface area contributed by atoms with Crippen LogP contribution >= 0.6 is 12.4 Å². The molecule has 0 fully saturated rings. The number of halogens is 3. The quantitative estimate of drug-likeness (QED) is 0.812. The molecule has 0 bridgehead atoms. The molecule has 0 saturated heterocycles. The highest BCUT2D eigenvalue weighted by molar-refractivity contribution is 5.85. The third kappa shape index (κ3) is 6.82. The summed E-state index contributed by atoms with van der Waals surface area (Å²) in [5.74, 6) is -1.71. The molecule has 20 heavy (non-hydrogen) atoms. The van der Waals surface area contributed by atoms with Crippen molar-refractivity contribution in [3.63, 3.8) is 0 Å². The van der Waals surface area contributed by atoms with Crippen LogP contribution in [-0.2, 0) is 11.2 Å². The number of hydrogen-bond donors (Lipinski definition) is 2. The predicted molar refractivity (Wildman–Crippen MR) is 78.1 cm³/mol. The molecule has 1 aromatic carbocycles. The van der Waals surface area contributed by atoms with E-state index in [2.05, 4.69) is 10.6 Å². The molecule has 0 aliphatic carbocycles. The van der Waals surface area contributed by atoms with Crippen LogP contribution in [0.2, 0.25) is 0 Å². The van der Waals surface area contributed by atoms with E-state index in [4.69, 9.17) is 0 Å². The Balaban J connectivity index is 0.00000361. The van der Waals surface area contributed by atoms with E-state index in [1.807, 2.05) is 14.0 Å². The lowest BCUT2D eigenvalue weighted by Crippen LogP contribution is -2.37. The van der Waals surface area contributed by atoms with Gasteiger partial charge in [0, 0.05) is 19.0 Å². The minimum atomic E-state index is -0.845. The number of aryl methyl sites for hydroxylation is 1. The Hall–Kier alpha value is -1.20. The Morgan fingerprint density at radius 3 is 2.60 bits per heavy atom. The van der Waals surface area contributed by atoms with Crippen LogP contribution in [0.15, 0.2) is 18.2 Å². The lowest BCUT2D eigenvalue weighted by atomic mass is 10.1. The van der Waals surface area contributed by atoms with E-state index in [1.165, 1.54) is 6.07 Å². The number of benzene rings is 1. The molecule has 6 heteroatoms. The van der Waals surface area contributed by atoms with Gasteiger partial charge >= 0.3 is 0 Å². The van der Waals surface area contributed by atoms with Crippen LogP contribution in [0.4, 0.5) is 8.78 Å². The molecular weight excluding hydrogens is 286 g/mol. The zero-order valence-electron chi connectivity index (χ0n) is 11.7. The van der Waals surface area contributed by atoms with Crippen LogP contribution in [0.25, 0.3) is 0 Å². The molecular formula is C14H21ClF2N2O. The first kappa shape index (κ1) is 18.8. The van der Waals surface area contributed by atoms with Crippen molar-refractivity contribution in [1.29, 1.82) is 0 Å². The third-order valence-corrected chi connectivity index (χ3v) is 2.95. The summed E-state index contributed by atoms with van der Waals surface area (Å²) in [5, 5.41) is 5.83. The van der Waals surface area contributed by atoms with Gasteiger partial charge in [0.1, 0.15) is 0 Å². The highest BCUT2D eigenvalue weighted by atomic mass is 35.5. The molecule has 0 saturated carbocycles. The second kappa shape index (κ2) is 9.66. The second-order valence-corrected chi connectivity index (χ2v) is 4.60. The average molecular weight is 307 g/mol. The van der Waals surface area contributed by atoms with Crippen molar-refractivity contribution in [2.45, 2.75) is 32.2 Å². The van der Waals surface area contributed by atoms with Gasteiger partial charge in [-0.15, -0.1) is 12.4 Å². The van der Waals surface area contributed by atoms with Gasteiger partial charge in [-0.3, -0.25) is 4.79 Å². The normalized spacial score (nSPS) is 11.6. The molecule has 1 aromatic rings. The van der Waals surface area contributed by atoms with E-state index in [0.29, 0.717) is 31.4 Å². The molecule has 0 spiro atoms. The molecule has 0 aliphatic rings. The lowest BCUT2D eigenvalue weighted by molar-refractivity contribution is -0.121. The van der Waals surface area contributed by atoms with E-state index in [0.717, 1.165) is 6.07 Å². The van der Waals surface area contributed by atoms with Gasteiger partial charge < -0.3 is 10.6 Å². The molecule has 114 valence electrons. The first-order valence-electron chi connectivity index (χ1n) is 6.41. The molecule has 0 heterocycles. The van der Waals surface area contributed by atoms with Gasteiger partial charge in [0.25, 0.3) is 0 Å². The molecule has 1 amide bonds. The van der Waals surface area contributed by atoms with Crippen LogP contribution in [-0.4, -0.2) is 25.5 Å². The van der Waals surface area contributed by atoms with Gasteiger partial charge in [-0.05, 0) is 44.5 Å². The minimum absolute atomic E-state index is 0. The zero-order valence-corrected chi connectivity index (χ0v) is 12.5.